The van der Waals surface area contributed by atoms with E-state index in [1.54, 1.807) is 5.57 Å². The van der Waals surface area contributed by atoms with E-state index in [9.17, 15) is 0 Å². The van der Waals surface area contributed by atoms with Gasteiger partial charge in [0.2, 0.25) is 0 Å². The Labute approximate surface area is 419 Å². The molecule has 4 aliphatic carbocycles. The molecule has 0 radical (unpaired) electrons. The molecule has 6 rings (SSSR count). The molecule has 0 spiro atoms. The molecule has 7 nitrogen and oxygen atoms in total. The van der Waals surface area contributed by atoms with Gasteiger partial charge in [-0.1, -0.05) is 121 Å². The third-order valence-corrected chi connectivity index (χ3v) is 18.4. The first-order valence-corrected chi connectivity index (χ1v) is 29.2. The van der Waals surface area contributed by atoms with Gasteiger partial charge in [-0.25, -0.2) is 0 Å². The molecule has 5 fully saturated rings. The quantitative estimate of drug-likeness (QED) is 0.0492. The smallest absolute Gasteiger partial charge is 0.164 e. The third kappa shape index (κ3) is 16.5. The number of hydrogen-bond donors (Lipinski definition) is 0. The summed E-state index contributed by atoms with van der Waals surface area (Å²) in [6, 6.07) is 0. The molecule has 6 aliphatic rings. The second-order valence-electron chi connectivity index (χ2n) is 25.0. The number of hydrogen-bond acceptors (Lipinski definition) is 7. The molecule has 0 N–H and O–H groups in total. The van der Waals surface area contributed by atoms with Crippen LogP contribution in [0.1, 0.15) is 223 Å². The first-order valence-electron chi connectivity index (χ1n) is 29.2. The Morgan fingerprint density at radius 1 is 0.691 bits per heavy atom. The summed E-state index contributed by atoms with van der Waals surface area (Å²) in [5.41, 5.74) is 1.60. The maximum atomic E-state index is 6.69. The predicted octanol–water partition coefficient (Wildman–Crippen LogP) is 15.4. The highest BCUT2D eigenvalue weighted by Crippen LogP contribution is 2.63. The van der Waals surface area contributed by atoms with Crippen LogP contribution in [0.3, 0.4) is 0 Å². The van der Waals surface area contributed by atoms with Crippen LogP contribution in [0.5, 0.6) is 0 Å². The fourth-order valence-corrected chi connectivity index (χ4v) is 14.5. The van der Waals surface area contributed by atoms with Crippen LogP contribution in [0, 0.1) is 40.9 Å². The number of ether oxygens (including phenoxy) is 6. The fraction of sp³-hybridized carbons (Fsp3) is 0.902. The van der Waals surface area contributed by atoms with Crippen molar-refractivity contribution < 1.29 is 28.4 Å². The molecule has 6 unspecified atom stereocenters. The van der Waals surface area contributed by atoms with Crippen LogP contribution < -0.4 is 0 Å². The summed E-state index contributed by atoms with van der Waals surface area (Å²) in [5, 5.41) is 0. The molecule has 0 aromatic carbocycles. The van der Waals surface area contributed by atoms with Crippen molar-refractivity contribution in [1.29, 1.82) is 0 Å². The lowest BCUT2D eigenvalue weighted by Gasteiger charge is -2.52. The van der Waals surface area contributed by atoms with E-state index in [-0.39, 0.29) is 22.9 Å². The van der Waals surface area contributed by atoms with E-state index in [1.165, 1.54) is 135 Å². The largest absolute Gasteiger partial charge is 0.379 e. The summed E-state index contributed by atoms with van der Waals surface area (Å²) >= 11 is 0. The summed E-state index contributed by atoms with van der Waals surface area (Å²) < 4.78 is 38.8. The summed E-state index contributed by atoms with van der Waals surface area (Å²) in [6.45, 7) is 27.0. The Hall–Kier alpha value is -1.06. The van der Waals surface area contributed by atoms with E-state index in [2.05, 4.69) is 83.7 Å². The third-order valence-electron chi connectivity index (χ3n) is 18.4. The lowest BCUT2D eigenvalue weighted by Crippen LogP contribution is -2.61. The average Bonchev–Trinajstić information content (AvgIpc) is 3.73. The van der Waals surface area contributed by atoms with Gasteiger partial charge in [0.1, 0.15) is 11.2 Å². The van der Waals surface area contributed by atoms with Gasteiger partial charge < -0.3 is 28.4 Å². The van der Waals surface area contributed by atoms with Crippen molar-refractivity contribution in [1.82, 2.24) is 4.90 Å². The van der Waals surface area contributed by atoms with E-state index < -0.39 is 5.79 Å². The second kappa shape index (κ2) is 27.3. The Morgan fingerprint density at radius 2 is 1.43 bits per heavy atom. The summed E-state index contributed by atoms with van der Waals surface area (Å²) in [5.74, 6) is 4.84. The minimum Gasteiger partial charge on any atom is -0.379 e. The lowest BCUT2D eigenvalue weighted by molar-refractivity contribution is -0.165. The summed E-state index contributed by atoms with van der Waals surface area (Å²) in [4.78, 5) is 2.50. The molecule has 68 heavy (non-hydrogen) atoms. The lowest BCUT2D eigenvalue weighted by atomic mass is 9.54. The topological polar surface area (TPSA) is 58.6 Å². The normalized spacial score (nSPS) is 34.1. The van der Waals surface area contributed by atoms with Crippen molar-refractivity contribution in [2.45, 2.75) is 252 Å². The zero-order valence-electron chi connectivity index (χ0n) is 45.9. The van der Waals surface area contributed by atoms with Gasteiger partial charge in [-0.15, -0.1) is 0 Å². The van der Waals surface area contributed by atoms with Crippen molar-refractivity contribution in [3.05, 3.63) is 36.0 Å². The molecule has 2 saturated heterocycles. The molecule has 0 aromatic rings. The van der Waals surface area contributed by atoms with E-state index >= 15 is 0 Å². The average molecular weight is 951 g/mol. The predicted molar refractivity (Wildman–Crippen MR) is 283 cm³/mol. The van der Waals surface area contributed by atoms with E-state index in [4.69, 9.17) is 28.4 Å². The van der Waals surface area contributed by atoms with Gasteiger partial charge >= 0.3 is 0 Å². The number of likely N-dealkylation sites (tertiary alicyclic amines) is 1. The second-order valence-corrected chi connectivity index (χ2v) is 25.0. The number of piperidine rings is 1. The molecule has 7 heteroatoms. The highest BCUT2D eigenvalue weighted by molar-refractivity contribution is 5.21. The molecule has 3 saturated carbocycles. The summed E-state index contributed by atoms with van der Waals surface area (Å²) in [7, 11) is 0. The van der Waals surface area contributed by atoms with Gasteiger partial charge in [-0.2, -0.15) is 0 Å². The van der Waals surface area contributed by atoms with Gasteiger partial charge in [0.25, 0.3) is 0 Å². The molecule has 2 aliphatic heterocycles. The fourth-order valence-electron chi connectivity index (χ4n) is 14.5. The minimum atomic E-state index is -0.571. The molecule has 0 amide bonds. The van der Waals surface area contributed by atoms with Crippen molar-refractivity contribution in [2.75, 3.05) is 59.3 Å². The molecule has 10 atom stereocenters. The van der Waals surface area contributed by atoms with Crippen LogP contribution >= 0.6 is 0 Å². The zero-order chi connectivity index (χ0) is 48.5. The van der Waals surface area contributed by atoms with Gasteiger partial charge in [0.15, 0.2) is 5.79 Å². The van der Waals surface area contributed by atoms with Gasteiger partial charge in [-0.3, -0.25) is 4.90 Å². The Kier molecular flexibility index (Phi) is 22.6. The maximum Gasteiger partial charge on any atom is 0.164 e. The van der Waals surface area contributed by atoms with Gasteiger partial charge in [0.05, 0.1) is 44.7 Å². The van der Waals surface area contributed by atoms with Crippen LogP contribution in [-0.4, -0.2) is 92.9 Å². The van der Waals surface area contributed by atoms with E-state index in [1.807, 2.05) is 13.8 Å². The van der Waals surface area contributed by atoms with E-state index in [0.717, 1.165) is 87.4 Å². The monoisotopic (exact) mass is 950 g/mol. The van der Waals surface area contributed by atoms with Crippen LogP contribution in [0.25, 0.3) is 0 Å². The number of fused-ring (bicyclic) bond motifs is 6. The van der Waals surface area contributed by atoms with Crippen molar-refractivity contribution in [3.8, 4) is 0 Å². The van der Waals surface area contributed by atoms with Crippen molar-refractivity contribution in [3.63, 3.8) is 0 Å². The van der Waals surface area contributed by atoms with Gasteiger partial charge in [-0.05, 0) is 178 Å². The highest BCUT2D eigenvalue weighted by atomic mass is 16.8. The molecule has 392 valence electrons. The Bertz CT molecular complexity index is 1540. The minimum absolute atomic E-state index is 0.0204. The SMILES string of the molecule is CCCCCC=CCC=CCCCCCCCCOCC(CN1CC[C@@]2(C)OC(C)(C)O[C@@]2(C)C1)OCCOCCO[C@@]1(C)CCC2C(=CCC3C2CCC2C3CC[C@]2(C)CCCCC(C)C)C1. The van der Waals surface area contributed by atoms with Crippen LogP contribution in [0.2, 0.25) is 0 Å². The first-order chi connectivity index (χ1) is 32.7. The standard InChI is InChI=1S/C61H107NO6/c1-10-11-12-13-14-15-16-17-18-19-20-21-22-23-24-27-40-64-47-51(46-62-39-38-60(8)61(9,48-62)68-57(4,5)67-60)65-43-41-63-42-44-66-59(7)37-34-52-50(45-59)29-30-54-53(52)31-32-56-55(54)33-36-58(56,6)35-26-25-28-49(2)3/h14-15,17-18,29,49,51-56H,10-13,16,19-28,30-48H2,1-9H3/t51?,52?,53?,54?,55?,56?,58-,59-,60+,61-/m0/s1. The van der Waals surface area contributed by atoms with Crippen LogP contribution in [0.15, 0.2) is 36.0 Å². The number of allylic oxidation sites excluding steroid dienone is 5. The Morgan fingerprint density at radius 3 is 2.21 bits per heavy atom. The number of rotatable bonds is 32. The zero-order valence-corrected chi connectivity index (χ0v) is 45.9. The maximum absolute atomic E-state index is 6.69. The van der Waals surface area contributed by atoms with Gasteiger partial charge in [0, 0.05) is 26.2 Å². The summed E-state index contributed by atoms with van der Waals surface area (Å²) in [6.07, 6.45) is 44.6. The van der Waals surface area contributed by atoms with Crippen LogP contribution in [-0.2, 0) is 28.4 Å². The van der Waals surface area contributed by atoms with Crippen molar-refractivity contribution >= 4 is 0 Å². The molecule has 0 bridgehead atoms. The Balaban J connectivity index is 0.862. The highest BCUT2D eigenvalue weighted by Gasteiger charge is 2.60. The van der Waals surface area contributed by atoms with Crippen LogP contribution in [0.4, 0.5) is 0 Å². The number of unbranched alkanes of at least 4 members (excludes halogenated alkanes) is 10. The molecular weight excluding hydrogens is 843 g/mol. The first kappa shape index (κ1) is 56.2. The number of nitrogens with zero attached hydrogens (tertiary/aromatic N) is 1. The molecule has 2 heterocycles. The van der Waals surface area contributed by atoms with E-state index in [0.29, 0.717) is 38.4 Å². The molecular formula is C61H107NO6. The van der Waals surface area contributed by atoms with Crippen molar-refractivity contribution in [2.24, 2.45) is 40.9 Å². The molecule has 0 aromatic heterocycles.